The average molecular weight is 303 g/mol. The number of amides is 1. The summed E-state index contributed by atoms with van der Waals surface area (Å²) in [5, 5.41) is 6.97. The van der Waals surface area contributed by atoms with Gasteiger partial charge in [-0.2, -0.15) is 5.10 Å². The Kier molecular flexibility index (Phi) is 4.01. The van der Waals surface area contributed by atoms with Crippen LogP contribution >= 0.6 is 0 Å². The van der Waals surface area contributed by atoms with Crippen molar-refractivity contribution in [1.82, 2.24) is 25.1 Å². The van der Waals surface area contributed by atoms with Crippen LogP contribution in [0.5, 0.6) is 5.75 Å². The Labute approximate surface area is 127 Å². The highest BCUT2D eigenvalue weighted by molar-refractivity contribution is 5.95. The molecule has 1 fully saturated rings. The number of carbonyl (C=O) groups excluding carboxylic acids is 1. The topological polar surface area (TPSA) is 91.2 Å². The van der Waals surface area contributed by atoms with Crippen molar-refractivity contribution in [3.8, 4) is 5.75 Å². The first-order chi connectivity index (χ1) is 10.6. The van der Waals surface area contributed by atoms with E-state index in [-0.39, 0.29) is 18.1 Å². The van der Waals surface area contributed by atoms with E-state index >= 15 is 0 Å². The van der Waals surface area contributed by atoms with Gasteiger partial charge >= 0.3 is 0 Å². The van der Waals surface area contributed by atoms with E-state index in [1.165, 1.54) is 12.5 Å². The number of nitrogens with one attached hydrogen (secondary N) is 1. The zero-order valence-electron chi connectivity index (χ0n) is 12.4. The maximum Gasteiger partial charge on any atom is 0.255 e. The van der Waals surface area contributed by atoms with Gasteiger partial charge in [-0.1, -0.05) is 0 Å². The number of nitrogens with zero attached hydrogens (tertiary/aromatic N) is 4. The van der Waals surface area contributed by atoms with E-state index in [2.05, 4.69) is 20.4 Å². The lowest BCUT2D eigenvalue weighted by Crippen LogP contribution is -2.45. The second-order valence-corrected chi connectivity index (χ2v) is 5.15. The Bertz CT molecular complexity index is 672. The third-order valence-corrected chi connectivity index (χ3v) is 3.47. The molecule has 1 aliphatic rings. The van der Waals surface area contributed by atoms with Crippen molar-refractivity contribution in [3.63, 3.8) is 0 Å². The Morgan fingerprint density at radius 3 is 3.05 bits per heavy atom. The highest BCUT2D eigenvalue weighted by Crippen LogP contribution is 2.16. The van der Waals surface area contributed by atoms with Crippen LogP contribution in [-0.4, -0.2) is 51.0 Å². The fraction of sp³-hybridized carbons (Fsp3) is 0.429. The molecule has 1 amide bonds. The minimum atomic E-state index is -0.252. The van der Waals surface area contributed by atoms with E-state index in [1.54, 1.807) is 24.0 Å². The van der Waals surface area contributed by atoms with Crippen molar-refractivity contribution in [1.29, 1.82) is 0 Å². The summed E-state index contributed by atoms with van der Waals surface area (Å²) < 4.78 is 12.9. The van der Waals surface area contributed by atoms with Gasteiger partial charge in [-0.25, -0.2) is 9.97 Å². The van der Waals surface area contributed by atoms with Gasteiger partial charge in [0.1, 0.15) is 12.4 Å². The van der Waals surface area contributed by atoms with Crippen molar-refractivity contribution in [2.45, 2.75) is 19.1 Å². The molecule has 1 aliphatic heterocycles. The zero-order valence-corrected chi connectivity index (χ0v) is 12.4. The third kappa shape index (κ3) is 3.06. The van der Waals surface area contributed by atoms with Crippen LogP contribution in [-0.2, 0) is 11.8 Å². The van der Waals surface area contributed by atoms with Gasteiger partial charge in [-0.05, 0) is 6.92 Å². The van der Waals surface area contributed by atoms with Crippen molar-refractivity contribution < 1.29 is 14.3 Å². The van der Waals surface area contributed by atoms with Gasteiger partial charge in [-0.15, -0.1) is 0 Å². The number of carbonyl (C=O) groups is 1. The lowest BCUT2D eigenvalue weighted by atomic mass is 10.1. The fourth-order valence-electron chi connectivity index (χ4n) is 2.28. The molecule has 0 aromatic carbocycles. The van der Waals surface area contributed by atoms with Crippen molar-refractivity contribution in [2.75, 3.05) is 13.2 Å². The Balaban J connectivity index is 1.66. The van der Waals surface area contributed by atoms with Gasteiger partial charge in [-0.3, -0.25) is 9.48 Å². The number of rotatable bonds is 4. The molecular weight excluding hydrogens is 286 g/mol. The van der Waals surface area contributed by atoms with Crippen LogP contribution in [0.1, 0.15) is 16.1 Å². The normalized spacial score (nSPS) is 20.8. The van der Waals surface area contributed by atoms with E-state index < -0.39 is 0 Å². The van der Waals surface area contributed by atoms with E-state index in [0.717, 1.165) is 0 Å². The molecule has 0 unspecified atom stereocenters. The number of ether oxygens (including phenoxy) is 2. The summed E-state index contributed by atoms with van der Waals surface area (Å²) in [5.74, 6) is 0.421. The molecule has 0 radical (unpaired) electrons. The molecule has 3 rings (SSSR count). The molecule has 2 aromatic rings. The van der Waals surface area contributed by atoms with Gasteiger partial charge in [0, 0.05) is 13.2 Å². The summed E-state index contributed by atoms with van der Waals surface area (Å²) in [6.45, 7) is 2.60. The summed E-state index contributed by atoms with van der Waals surface area (Å²) in [4.78, 5) is 20.2. The molecular formula is C14H17N5O3. The van der Waals surface area contributed by atoms with Crippen LogP contribution in [0.3, 0.4) is 0 Å². The number of aryl methyl sites for hydroxylation is 2. The first-order valence-corrected chi connectivity index (χ1v) is 6.94. The fourth-order valence-corrected chi connectivity index (χ4v) is 2.28. The van der Waals surface area contributed by atoms with Crippen molar-refractivity contribution >= 4 is 5.91 Å². The van der Waals surface area contributed by atoms with Gasteiger partial charge < -0.3 is 14.8 Å². The van der Waals surface area contributed by atoms with Crippen LogP contribution in [0.25, 0.3) is 0 Å². The second kappa shape index (κ2) is 6.10. The standard InChI is InChI=1S/C14H17N5O3/c1-9-11(4-15-8-16-9)14(20)18-12-6-21-7-13(12)22-10-3-17-19(2)5-10/h3-5,8,12-13H,6-7H2,1-2H3,(H,18,20)/t12-,13+/m0/s1. The minimum Gasteiger partial charge on any atom is -0.482 e. The van der Waals surface area contributed by atoms with Crippen LogP contribution in [0.4, 0.5) is 0 Å². The molecule has 1 N–H and O–H groups in total. The molecule has 0 saturated carbocycles. The summed E-state index contributed by atoms with van der Waals surface area (Å²) >= 11 is 0. The summed E-state index contributed by atoms with van der Waals surface area (Å²) in [6, 6.07) is -0.229. The van der Waals surface area contributed by atoms with E-state index in [1.807, 2.05) is 7.05 Å². The Morgan fingerprint density at radius 2 is 2.32 bits per heavy atom. The van der Waals surface area contributed by atoms with E-state index in [4.69, 9.17) is 9.47 Å². The monoisotopic (exact) mass is 303 g/mol. The predicted molar refractivity (Wildman–Crippen MR) is 76.5 cm³/mol. The van der Waals surface area contributed by atoms with Crippen molar-refractivity contribution in [2.24, 2.45) is 7.05 Å². The highest BCUT2D eigenvalue weighted by Gasteiger charge is 2.32. The largest absolute Gasteiger partial charge is 0.482 e. The van der Waals surface area contributed by atoms with Crippen LogP contribution in [0, 0.1) is 6.92 Å². The maximum absolute atomic E-state index is 12.3. The lowest BCUT2D eigenvalue weighted by molar-refractivity contribution is 0.0902. The number of hydrogen-bond donors (Lipinski definition) is 1. The molecule has 8 nitrogen and oxygen atoms in total. The lowest BCUT2D eigenvalue weighted by Gasteiger charge is -2.19. The van der Waals surface area contributed by atoms with Gasteiger partial charge in [0.05, 0.1) is 42.9 Å². The average Bonchev–Trinajstić information content (AvgIpc) is 3.09. The Hall–Kier alpha value is -2.48. The first-order valence-electron chi connectivity index (χ1n) is 6.94. The van der Waals surface area contributed by atoms with Gasteiger partial charge in [0.15, 0.2) is 5.75 Å². The summed E-state index contributed by atoms with van der Waals surface area (Å²) in [7, 11) is 1.81. The molecule has 2 aromatic heterocycles. The third-order valence-electron chi connectivity index (χ3n) is 3.47. The smallest absolute Gasteiger partial charge is 0.255 e. The Morgan fingerprint density at radius 1 is 1.45 bits per heavy atom. The van der Waals surface area contributed by atoms with Gasteiger partial charge in [0.2, 0.25) is 0 Å². The highest BCUT2D eigenvalue weighted by atomic mass is 16.5. The van der Waals surface area contributed by atoms with E-state index in [0.29, 0.717) is 30.2 Å². The second-order valence-electron chi connectivity index (χ2n) is 5.15. The summed E-state index contributed by atoms with van der Waals surface area (Å²) in [5.41, 5.74) is 1.09. The molecule has 2 atom stereocenters. The van der Waals surface area contributed by atoms with E-state index in [9.17, 15) is 4.79 Å². The molecule has 0 bridgehead atoms. The van der Waals surface area contributed by atoms with Gasteiger partial charge in [0.25, 0.3) is 5.91 Å². The molecule has 8 heteroatoms. The summed E-state index contributed by atoms with van der Waals surface area (Å²) in [6.07, 6.45) is 6.07. The number of aromatic nitrogens is 4. The SMILES string of the molecule is Cc1ncncc1C(=O)N[C@H]1COC[C@H]1Oc1cnn(C)c1. The molecule has 1 saturated heterocycles. The van der Waals surface area contributed by atoms with Crippen LogP contribution in [0.2, 0.25) is 0 Å². The first kappa shape index (κ1) is 14.5. The molecule has 22 heavy (non-hydrogen) atoms. The number of hydrogen-bond acceptors (Lipinski definition) is 6. The van der Waals surface area contributed by atoms with Crippen LogP contribution in [0.15, 0.2) is 24.9 Å². The zero-order chi connectivity index (χ0) is 15.5. The quantitative estimate of drug-likeness (QED) is 0.861. The molecule has 0 aliphatic carbocycles. The van der Waals surface area contributed by atoms with Crippen molar-refractivity contribution in [3.05, 3.63) is 36.2 Å². The molecule has 116 valence electrons. The minimum absolute atomic E-state index is 0.228. The molecule has 0 spiro atoms. The predicted octanol–water partition coefficient (Wildman–Crippen LogP) is 0.0947. The molecule has 3 heterocycles. The van der Waals surface area contributed by atoms with Crippen LogP contribution < -0.4 is 10.1 Å². The maximum atomic E-state index is 12.3.